The van der Waals surface area contributed by atoms with Gasteiger partial charge < -0.3 is 20.3 Å². The minimum Gasteiger partial charge on any atom is -0.479 e. The van der Waals surface area contributed by atoms with Crippen LogP contribution in [0.15, 0.2) is 18.2 Å². The van der Waals surface area contributed by atoms with Gasteiger partial charge in [0, 0.05) is 13.1 Å². The highest BCUT2D eigenvalue weighted by molar-refractivity contribution is 5.99. The Balaban J connectivity index is 2.20. The van der Waals surface area contributed by atoms with E-state index in [0.717, 1.165) is 30.0 Å². The van der Waals surface area contributed by atoms with Gasteiger partial charge in [-0.1, -0.05) is 6.07 Å². The normalized spacial score (nSPS) is 18.1. The molecule has 5 nitrogen and oxygen atoms in total. The number of ether oxygens (including phenoxy) is 1. The molecule has 1 aliphatic rings. The van der Waals surface area contributed by atoms with Gasteiger partial charge in [0.05, 0.1) is 5.69 Å². The van der Waals surface area contributed by atoms with Gasteiger partial charge >= 0.3 is 0 Å². The van der Waals surface area contributed by atoms with Crippen molar-refractivity contribution in [1.82, 2.24) is 4.90 Å². The number of benzene rings is 1. The van der Waals surface area contributed by atoms with Crippen LogP contribution in [0.2, 0.25) is 0 Å². The number of hydrogen-bond acceptors (Lipinski definition) is 4. The first kappa shape index (κ1) is 14.8. The number of carbonyl (C=O) groups is 1. The Morgan fingerprint density at radius 1 is 1.40 bits per heavy atom. The Labute approximate surface area is 120 Å². The second-order valence-corrected chi connectivity index (χ2v) is 5.41. The third kappa shape index (κ3) is 3.11. The Hall–Kier alpha value is -1.59. The fourth-order valence-electron chi connectivity index (χ4n) is 2.36. The lowest BCUT2D eigenvalue weighted by molar-refractivity contribution is -0.125. The highest BCUT2D eigenvalue weighted by Crippen LogP contribution is 2.34. The minimum absolute atomic E-state index is 0.0248. The maximum absolute atomic E-state index is 12.3. The number of amides is 1. The lowest BCUT2D eigenvalue weighted by Crippen LogP contribution is -2.45. The Morgan fingerprint density at radius 2 is 2.15 bits per heavy atom. The van der Waals surface area contributed by atoms with Crippen molar-refractivity contribution in [3.8, 4) is 5.75 Å². The molecule has 1 aromatic carbocycles. The highest BCUT2D eigenvalue weighted by atomic mass is 16.5. The Morgan fingerprint density at radius 3 is 2.80 bits per heavy atom. The predicted molar refractivity (Wildman–Crippen MR) is 79.9 cm³/mol. The topological polar surface area (TPSA) is 58.8 Å². The van der Waals surface area contributed by atoms with Crippen LogP contribution in [0.25, 0.3) is 0 Å². The van der Waals surface area contributed by atoms with Gasteiger partial charge in [-0.15, -0.1) is 0 Å². The van der Waals surface area contributed by atoms with Crippen molar-refractivity contribution in [2.24, 2.45) is 5.73 Å². The maximum Gasteiger partial charge on any atom is 0.267 e. The van der Waals surface area contributed by atoms with Crippen molar-refractivity contribution in [3.05, 3.63) is 23.8 Å². The standard InChI is InChI=1S/C15H23N3O2/c1-11-15(19)18(8-4-7-17(2)3)13-6-5-12(10-16)9-14(13)20-11/h5-6,9,11H,4,7-8,10,16H2,1-3H3. The van der Waals surface area contributed by atoms with Crippen LogP contribution in [-0.2, 0) is 11.3 Å². The third-order valence-corrected chi connectivity index (χ3v) is 3.46. The van der Waals surface area contributed by atoms with Crippen LogP contribution in [0.4, 0.5) is 5.69 Å². The summed E-state index contributed by atoms with van der Waals surface area (Å²) in [5.41, 5.74) is 7.51. The number of nitrogens with two attached hydrogens (primary N) is 1. The molecule has 1 atom stereocenters. The van der Waals surface area contributed by atoms with Crippen molar-refractivity contribution in [2.45, 2.75) is 26.0 Å². The van der Waals surface area contributed by atoms with E-state index in [1.165, 1.54) is 0 Å². The quantitative estimate of drug-likeness (QED) is 0.879. The Bertz CT molecular complexity index is 488. The van der Waals surface area contributed by atoms with Gasteiger partial charge in [-0.3, -0.25) is 4.79 Å². The minimum atomic E-state index is -0.435. The number of rotatable bonds is 5. The van der Waals surface area contributed by atoms with Crippen LogP contribution in [0.3, 0.4) is 0 Å². The molecule has 1 amide bonds. The molecule has 1 unspecified atom stereocenters. The van der Waals surface area contributed by atoms with Crippen molar-refractivity contribution in [2.75, 3.05) is 32.1 Å². The lowest BCUT2D eigenvalue weighted by Gasteiger charge is -2.33. The van der Waals surface area contributed by atoms with Gasteiger partial charge in [-0.05, 0) is 51.7 Å². The molecule has 1 aliphatic heterocycles. The predicted octanol–water partition coefficient (Wildman–Crippen LogP) is 1.21. The second kappa shape index (κ2) is 6.24. The zero-order valence-electron chi connectivity index (χ0n) is 12.4. The van der Waals surface area contributed by atoms with Crippen LogP contribution >= 0.6 is 0 Å². The molecule has 0 fully saturated rings. The SMILES string of the molecule is CC1Oc2cc(CN)ccc2N(CCCN(C)C)C1=O. The Kier molecular flexibility index (Phi) is 4.62. The molecule has 0 radical (unpaired) electrons. The molecular formula is C15H23N3O2. The zero-order valence-corrected chi connectivity index (χ0v) is 12.4. The summed E-state index contributed by atoms with van der Waals surface area (Å²) in [4.78, 5) is 16.2. The van der Waals surface area contributed by atoms with Gasteiger partial charge in [-0.25, -0.2) is 0 Å². The molecule has 2 N–H and O–H groups in total. The number of hydrogen-bond donors (Lipinski definition) is 1. The van der Waals surface area contributed by atoms with Crippen LogP contribution < -0.4 is 15.4 Å². The number of anilines is 1. The third-order valence-electron chi connectivity index (χ3n) is 3.46. The van der Waals surface area contributed by atoms with Gasteiger partial charge in [0.1, 0.15) is 5.75 Å². The van der Waals surface area contributed by atoms with Crippen molar-refractivity contribution in [3.63, 3.8) is 0 Å². The van der Waals surface area contributed by atoms with Crippen molar-refractivity contribution >= 4 is 11.6 Å². The van der Waals surface area contributed by atoms with E-state index in [0.29, 0.717) is 13.1 Å². The molecule has 5 heteroatoms. The summed E-state index contributed by atoms with van der Waals surface area (Å²) in [6, 6.07) is 5.80. The van der Waals surface area contributed by atoms with E-state index in [9.17, 15) is 4.79 Å². The summed E-state index contributed by atoms with van der Waals surface area (Å²) >= 11 is 0. The molecule has 0 bridgehead atoms. The average Bonchev–Trinajstić information content (AvgIpc) is 2.42. The van der Waals surface area contributed by atoms with E-state index < -0.39 is 6.10 Å². The van der Waals surface area contributed by atoms with E-state index in [1.54, 1.807) is 6.92 Å². The molecule has 20 heavy (non-hydrogen) atoms. The molecule has 0 aliphatic carbocycles. The number of nitrogens with zero attached hydrogens (tertiary/aromatic N) is 2. The molecule has 0 saturated carbocycles. The van der Waals surface area contributed by atoms with Crippen LogP contribution in [0, 0.1) is 0 Å². The van der Waals surface area contributed by atoms with E-state index in [1.807, 2.05) is 37.2 Å². The van der Waals surface area contributed by atoms with Crippen molar-refractivity contribution in [1.29, 1.82) is 0 Å². The first-order valence-corrected chi connectivity index (χ1v) is 6.98. The molecule has 2 rings (SSSR count). The molecule has 1 aromatic rings. The van der Waals surface area contributed by atoms with E-state index >= 15 is 0 Å². The first-order chi connectivity index (χ1) is 9.52. The summed E-state index contributed by atoms with van der Waals surface area (Å²) in [6.07, 6.45) is 0.499. The highest BCUT2D eigenvalue weighted by Gasteiger charge is 2.31. The summed E-state index contributed by atoms with van der Waals surface area (Å²) in [5, 5.41) is 0. The molecule has 0 spiro atoms. The molecular weight excluding hydrogens is 254 g/mol. The van der Waals surface area contributed by atoms with Crippen LogP contribution in [0.5, 0.6) is 5.75 Å². The number of fused-ring (bicyclic) bond motifs is 1. The molecule has 1 heterocycles. The van der Waals surface area contributed by atoms with E-state index in [2.05, 4.69) is 4.90 Å². The molecule has 0 aromatic heterocycles. The zero-order chi connectivity index (χ0) is 14.7. The van der Waals surface area contributed by atoms with E-state index in [-0.39, 0.29) is 5.91 Å². The smallest absolute Gasteiger partial charge is 0.267 e. The lowest BCUT2D eigenvalue weighted by atomic mass is 10.1. The summed E-state index contributed by atoms with van der Waals surface area (Å²) < 4.78 is 5.69. The fraction of sp³-hybridized carbons (Fsp3) is 0.533. The monoisotopic (exact) mass is 277 g/mol. The number of carbonyl (C=O) groups excluding carboxylic acids is 1. The maximum atomic E-state index is 12.3. The molecule has 0 saturated heterocycles. The van der Waals surface area contributed by atoms with Gasteiger partial charge in [0.2, 0.25) is 0 Å². The van der Waals surface area contributed by atoms with E-state index in [4.69, 9.17) is 10.5 Å². The van der Waals surface area contributed by atoms with Crippen LogP contribution in [-0.4, -0.2) is 44.1 Å². The van der Waals surface area contributed by atoms with Gasteiger partial charge in [-0.2, -0.15) is 0 Å². The fourth-order valence-corrected chi connectivity index (χ4v) is 2.36. The summed E-state index contributed by atoms with van der Waals surface area (Å²) in [6.45, 7) is 3.92. The summed E-state index contributed by atoms with van der Waals surface area (Å²) in [5.74, 6) is 0.779. The first-order valence-electron chi connectivity index (χ1n) is 6.98. The average molecular weight is 277 g/mol. The second-order valence-electron chi connectivity index (χ2n) is 5.41. The van der Waals surface area contributed by atoms with Crippen molar-refractivity contribution < 1.29 is 9.53 Å². The van der Waals surface area contributed by atoms with Gasteiger partial charge in [0.15, 0.2) is 6.10 Å². The molecule has 110 valence electrons. The largest absolute Gasteiger partial charge is 0.479 e. The summed E-state index contributed by atoms with van der Waals surface area (Å²) in [7, 11) is 4.07. The van der Waals surface area contributed by atoms with Gasteiger partial charge in [0.25, 0.3) is 5.91 Å². The van der Waals surface area contributed by atoms with Crippen LogP contribution in [0.1, 0.15) is 18.9 Å².